The maximum atomic E-state index is 13.2. The zero-order valence-electron chi connectivity index (χ0n) is 7.48. The Bertz CT molecular complexity index is 460. The molecule has 0 unspecified atom stereocenters. The van der Waals surface area contributed by atoms with Crippen LogP contribution in [-0.2, 0) is 0 Å². The molecule has 0 aliphatic carbocycles. The molecule has 86 valence electrons. The molecule has 0 bridgehead atoms. The molecule has 0 radical (unpaired) electrons. The van der Waals surface area contributed by atoms with Crippen molar-refractivity contribution < 1.29 is 27.2 Å². The maximum Gasteiger partial charge on any atom is 0.254 e. The first kappa shape index (κ1) is 12.0. The molecule has 0 saturated heterocycles. The lowest BCUT2D eigenvalue weighted by Crippen LogP contribution is -2.24. The number of hydrogen-bond acceptors (Lipinski definition) is 2. The standard InChI is InChI=1S/C8H4F4N2O2/c9-3-1(7(13)15)4(10)6(12)5(11)2(3)8(14)16/h(H2,13,15)(H2,14,16). The minimum absolute atomic E-state index is 1.55. The van der Waals surface area contributed by atoms with Gasteiger partial charge in [0.05, 0.1) is 0 Å². The van der Waals surface area contributed by atoms with Crippen LogP contribution in [0, 0.1) is 23.3 Å². The van der Waals surface area contributed by atoms with E-state index in [2.05, 4.69) is 11.5 Å². The summed E-state index contributed by atoms with van der Waals surface area (Å²) in [4.78, 5) is 21.2. The highest BCUT2D eigenvalue weighted by Gasteiger charge is 2.30. The highest BCUT2D eigenvalue weighted by molar-refractivity contribution is 5.99. The molecule has 4 nitrogen and oxygen atoms in total. The number of primary amides is 2. The van der Waals surface area contributed by atoms with Crippen LogP contribution in [0.3, 0.4) is 0 Å². The predicted molar refractivity (Wildman–Crippen MR) is 43.3 cm³/mol. The summed E-state index contributed by atoms with van der Waals surface area (Å²) in [7, 11) is 0. The van der Waals surface area contributed by atoms with E-state index in [0.29, 0.717) is 0 Å². The van der Waals surface area contributed by atoms with Gasteiger partial charge in [0.1, 0.15) is 11.1 Å². The third-order valence-electron chi connectivity index (χ3n) is 1.76. The van der Waals surface area contributed by atoms with E-state index < -0.39 is 46.2 Å². The van der Waals surface area contributed by atoms with Gasteiger partial charge >= 0.3 is 0 Å². The smallest absolute Gasteiger partial charge is 0.254 e. The van der Waals surface area contributed by atoms with Crippen molar-refractivity contribution in [3.63, 3.8) is 0 Å². The second-order valence-corrected chi connectivity index (χ2v) is 2.73. The first-order chi connectivity index (χ1) is 7.29. The Labute approximate surface area is 85.8 Å². The lowest BCUT2D eigenvalue weighted by molar-refractivity contribution is 0.0985. The van der Waals surface area contributed by atoms with E-state index in [4.69, 9.17) is 0 Å². The number of nitrogens with two attached hydrogens (primary N) is 2. The molecule has 0 aromatic heterocycles. The molecule has 1 rings (SSSR count). The number of carbonyl (C=O) groups is 2. The Kier molecular flexibility index (Phi) is 2.84. The summed E-state index contributed by atoms with van der Waals surface area (Å²) >= 11 is 0. The van der Waals surface area contributed by atoms with Crippen LogP contribution < -0.4 is 11.5 Å². The van der Waals surface area contributed by atoms with Gasteiger partial charge in [0, 0.05) is 0 Å². The van der Waals surface area contributed by atoms with Crippen molar-refractivity contribution in [2.45, 2.75) is 0 Å². The zero-order valence-corrected chi connectivity index (χ0v) is 7.48. The number of amides is 2. The van der Waals surface area contributed by atoms with Crippen LogP contribution in [0.5, 0.6) is 0 Å². The molecule has 0 heterocycles. The maximum absolute atomic E-state index is 13.2. The highest BCUT2D eigenvalue weighted by Crippen LogP contribution is 2.23. The molecule has 0 saturated carbocycles. The second-order valence-electron chi connectivity index (χ2n) is 2.73. The van der Waals surface area contributed by atoms with E-state index in [1.165, 1.54) is 0 Å². The van der Waals surface area contributed by atoms with E-state index in [0.717, 1.165) is 0 Å². The number of hydrogen-bond donors (Lipinski definition) is 2. The molecule has 16 heavy (non-hydrogen) atoms. The third-order valence-corrected chi connectivity index (χ3v) is 1.76. The van der Waals surface area contributed by atoms with Crippen LogP contribution in [0.4, 0.5) is 17.6 Å². The summed E-state index contributed by atoms with van der Waals surface area (Å²) in [6, 6.07) is 0. The average Bonchev–Trinajstić information content (AvgIpc) is 2.13. The Hall–Kier alpha value is -2.12. The molecule has 0 spiro atoms. The summed E-state index contributed by atoms with van der Waals surface area (Å²) in [5.74, 6) is -11.7. The Morgan fingerprint density at radius 3 is 1.25 bits per heavy atom. The number of carbonyl (C=O) groups excluding carboxylic acids is 2. The van der Waals surface area contributed by atoms with Crippen molar-refractivity contribution in [2.24, 2.45) is 11.5 Å². The summed E-state index contributed by atoms with van der Waals surface area (Å²) in [6.07, 6.45) is 0. The Morgan fingerprint density at radius 1 is 0.688 bits per heavy atom. The summed E-state index contributed by atoms with van der Waals surface area (Å²) in [6.45, 7) is 0. The van der Waals surface area contributed by atoms with Gasteiger partial charge in [-0.1, -0.05) is 0 Å². The molecule has 1 aromatic carbocycles. The van der Waals surface area contributed by atoms with Crippen LogP contribution in [0.25, 0.3) is 0 Å². The number of halogens is 4. The molecule has 8 heteroatoms. The SMILES string of the molecule is NC(=O)c1c(F)c(F)c(F)c(C(N)=O)c1F. The molecule has 0 aliphatic rings. The summed E-state index contributed by atoms with van der Waals surface area (Å²) in [5, 5.41) is 0. The van der Waals surface area contributed by atoms with Gasteiger partial charge in [-0.3, -0.25) is 9.59 Å². The average molecular weight is 236 g/mol. The van der Waals surface area contributed by atoms with Gasteiger partial charge in [-0.15, -0.1) is 0 Å². The van der Waals surface area contributed by atoms with Crippen LogP contribution in [0.2, 0.25) is 0 Å². The van der Waals surface area contributed by atoms with E-state index in [-0.39, 0.29) is 0 Å². The van der Waals surface area contributed by atoms with Gasteiger partial charge in [-0.25, -0.2) is 17.6 Å². The summed E-state index contributed by atoms with van der Waals surface area (Å²) < 4.78 is 51.9. The van der Waals surface area contributed by atoms with E-state index in [1.807, 2.05) is 0 Å². The highest BCUT2D eigenvalue weighted by atomic mass is 19.2. The minimum atomic E-state index is -2.19. The van der Waals surface area contributed by atoms with Gasteiger partial charge in [-0.05, 0) is 0 Å². The van der Waals surface area contributed by atoms with Gasteiger partial charge in [0.15, 0.2) is 23.3 Å². The lowest BCUT2D eigenvalue weighted by Gasteiger charge is -2.07. The van der Waals surface area contributed by atoms with Crippen LogP contribution in [0.1, 0.15) is 20.7 Å². The molecule has 0 aliphatic heterocycles. The van der Waals surface area contributed by atoms with Crippen LogP contribution in [0.15, 0.2) is 0 Å². The van der Waals surface area contributed by atoms with Gasteiger partial charge < -0.3 is 11.5 Å². The largest absolute Gasteiger partial charge is 0.365 e. The number of benzene rings is 1. The van der Waals surface area contributed by atoms with E-state index in [1.54, 1.807) is 0 Å². The fourth-order valence-corrected chi connectivity index (χ4v) is 1.07. The second kappa shape index (κ2) is 3.80. The molecular formula is C8H4F4N2O2. The lowest BCUT2D eigenvalue weighted by atomic mass is 10.1. The van der Waals surface area contributed by atoms with E-state index >= 15 is 0 Å². The molecular weight excluding hydrogens is 232 g/mol. The molecule has 0 atom stereocenters. The molecule has 1 aromatic rings. The normalized spacial score (nSPS) is 10.2. The quantitative estimate of drug-likeness (QED) is 0.443. The topological polar surface area (TPSA) is 86.2 Å². The zero-order chi connectivity index (χ0) is 12.6. The van der Waals surface area contributed by atoms with Crippen molar-refractivity contribution >= 4 is 11.8 Å². The summed E-state index contributed by atoms with van der Waals surface area (Å²) in [5.41, 5.74) is 5.99. The fourth-order valence-electron chi connectivity index (χ4n) is 1.07. The van der Waals surface area contributed by atoms with Gasteiger partial charge in [0.25, 0.3) is 11.8 Å². The Morgan fingerprint density at radius 2 is 1.00 bits per heavy atom. The van der Waals surface area contributed by atoms with E-state index in [9.17, 15) is 27.2 Å². The Balaban J connectivity index is 3.80. The van der Waals surface area contributed by atoms with Crippen molar-refractivity contribution in [1.29, 1.82) is 0 Å². The van der Waals surface area contributed by atoms with Gasteiger partial charge in [-0.2, -0.15) is 0 Å². The monoisotopic (exact) mass is 236 g/mol. The minimum Gasteiger partial charge on any atom is -0.365 e. The fraction of sp³-hybridized carbons (Fsp3) is 0. The molecule has 4 N–H and O–H groups in total. The van der Waals surface area contributed by atoms with Gasteiger partial charge in [0.2, 0.25) is 0 Å². The van der Waals surface area contributed by atoms with Crippen LogP contribution >= 0.6 is 0 Å². The first-order valence-corrected chi connectivity index (χ1v) is 3.74. The van der Waals surface area contributed by atoms with Crippen molar-refractivity contribution in [2.75, 3.05) is 0 Å². The van der Waals surface area contributed by atoms with Crippen LogP contribution in [-0.4, -0.2) is 11.8 Å². The molecule has 0 fully saturated rings. The van der Waals surface area contributed by atoms with Crippen molar-refractivity contribution in [3.8, 4) is 0 Å². The molecule has 2 amide bonds. The predicted octanol–water partition coefficient (Wildman–Crippen LogP) is 0.441. The first-order valence-electron chi connectivity index (χ1n) is 3.74. The van der Waals surface area contributed by atoms with Crippen molar-refractivity contribution in [3.05, 3.63) is 34.4 Å². The number of rotatable bonds is 2. The van der Waals surface area contributed by atoms with Crippen molar-refractivity contribution in [1.82, 2.24) is 0 Å². The third kappa shape index (κ3) is 1.58.